The smallest absolute Gasteiger partial charge is 0.157 e. The van der Waals surface area contributed by atoms with Crippen molar-refractivity contribution in [1.82, 2.24) is 0 Å². The molecule has 3 heteroatoms. The Labute approximate surface area is 76.6 Å². The van der Waals surface area contributed by atoms with Gasteiger partial charge >= 0.3 is 0 Å². The van der Waals surface area contributed by atoms with Gasteiger partial charge in [0.1, 0.15) is 5.78 Å². The third kappa shape index (κ3) is 2.21. The topological polar surface area (TPSA) is 57.5 Å². The maximum Gasteiger partial charge on any atom is 0.157 e. The van der Waals surface area contributed by atoms with Gasteiger partial charge in [-0.2, -0.15) is 0 Å². The maximum atomic E-state index is 10.8. The predicted molar refractivity (Wildman–Crippen MR) is 48.9 cm³/mol. The molecule has 70 valence electrons. The molecule has 0 fully saturated rings. The third-order valence-corrected chi connectivity index (χ3v) is 1.87. The Hall–Kier alpha value is -1.51. The maximum absolute atomic E-state index is 10.8. The lowest BCUT2D eigenvalue weighted by Crippen LogP contribution is -1.98. The number of aryl methyl sites for hydroxylation is 1. The van der Waals surface area contributed by atoms with Crippen LogP contribution in [0.4, 0.5) is 0 Å². The number of hydrogen-bond acceptors (Lipinski definition) is 3. The zero-order chi connectivity index (χ0) is 10.0. The van der Waals surface area contributed by atoms with Gasteiger partial charge in [0, 0.05) is 6.42 Å². The quantitative estimate of drug-likeness (QED) is 0.679. The van der Waals surface area contributed by atoms with Crippen molar-refractivity contribution < 1.29 is 15.0 Å². The fourth-order valence-electron chi connectivity index (χ4n) is 1.18. The number of ketones is 1. The summed E-state index contributed by atoms with van der Waals surface area (Å²) in [5.41, 5.74) is 1.56. The Bertz CT molecular complexity index is 342. The van der Waals surface area contributed by atoms with Gasteiger partial charge in [-0.25, -0.2) is 0 Å². The van der Waals surface area contributed by atoms with Crippen molar-refractivity contribution in [3.05, 3.63) is 23.3 Å². The molecule has 0 aliphatic heterocycles. The summed E-state index contributed by atoms with van der Waals surface area (Å²) in [5, 5.41) is 18.3. The molecule has 1 rings (SSSR count). The zero-order valence-electron chi connectivity index (χ0n) is 7.66. The van der Waals surface area contributed by atoms with Crippen LogP contribution in [-0.4, -0.2) is 16.0 Å². The minimum atomic E-state index is -0.179. The molecule has 0 amide bonds. The molecule has 0 saturated heterocycles. The molecule has 3 nitrogen and oxygen atoms in total. The first kappa shape index (κ1) is 9.58. The van der Waals surface area contributed by atoms with E-state index in [2.05, 4.69) is 0 Å². The SMILES string of the molecule is CC(=O)Cc1cc(O)c(O)cc1C. The van der Waals surface area contributed by atoms with E-state index in [4.69, 9.17) is 5.11 Å². The Kier molecular flexibility index (Phi) is 2.56. The van der Waals surface area contributed by atoms with Gasteiger partial charge < -0.3 is 10.2 Å². The van der Waals surface area contributed by atoms with Crippen molar-refractivity contribution in [2.45, 2.75) is 20.3 Å². The second kappa shape index (κ2) is 3.47. The molecule has 0 spiro atoms. The molecule has 13 heavy (non-hydrogen) atoms. The van der Waals surface area contributed by atoms with Crippen LogP contribution in [0.1, 0.15) is 18.1 Å². The van der Waals surface area contributed by atoms with E-state index < -0.39 is 0 Å². The summed E-state index contributed by atoms with van der Waals surface area (Å²) in [7, 11) is 0. The molecule has 0 saturated carbocycles. The molecule has 2 N–H and O–H groups in total. The number of aromatic hydroxyl groups is 2. The van der Waals surface area contributed by atoms with E-state index in [1.807, 2.05) is 0 Å². The molecule has 0 bridgehead atoms. The van der Waals surface area contributed by atoms with Crippen molar-refractivity contribution in [2.24, 2.45) is 0 Å². The zero-order valence-corrected chi connectivity index (χ0v) is 7.66. The summed E-state index contributed by atoms with van der Waals surface area (Å²) in [6.45, 7) is 3.28. The van der Waals surface area contributed by atoms with E-state index in [0.29, 0.717) is 6.42 Å². The summed E-state index contributed by atoms with van der Waals surface area (Å²) in [6, 6.07) is 2.87. The van der Waals surface area contributed by atoms with Crippen LogP contribution >= 0.6 is 0 Å². The van der Waals surface area contributed by atoms with Crippen LogP contribution in [-0.2, 0) is 11.2 Å². The lowest BCUT2D eigenvalue weighted by molar-refractivity contribution is -0.116. The first-order valence-corrected chi connectivity index (χ1v) is 4.01. The third-order valence-electron chi connectivity index (χ3n) is 1.87. The number of benzene rings is 1. The monoisotopic (exact) mass is 180 g/mol. The van der Waals surface area contributed by atoms with E-state index in [9.17, 15) is 9.90 Å². The minimum absolute atomic E-state index is 0.0354. The van der Waals surface area contributed by atoms with E-state index in [0.717, 1.165) is 11.1 Å². The first-order chi connectivity index (χ1) is 6.00. The van der Waals surface area contributed by atoms with Gasteiger partial charge in [-0.1, -0.05) is 0 Å². The van der Waals surface area contributed by atoms with Crippen molar-refractivity contribution in [3.63, 3.8) is 0 Å². The highest BCUT2D eigenvalue weighted by Crippen LogP contribution is 2.28. The average Bonchev–Trinajstić information content (AvgIpc) is 1.99. The lowest BCUT2D eigenvalue weighted by Gasteiger charge is -2.05. The number of Topliss-reactive ketones (excluding diaryl/α,β-unsaturated/α-hetero) is 1. The summed E-state index contributed by atoms with van der Waals surface area (Å²) in [6.07, 6.45) is 0.291. The van der Waals surface area contributed by atoms with Gasteiger partial charge in [0.15, 0.2) is 11.5 Å². The van der Waals surface area contributed by atoms with Crippen LogP contribution in [0.25, 0.3) is 0 Å². The van der Waals surface area contributed by atoms with Crippen LogP contribution in [0.2, 0.25) is 0 Å². The molecule has 1 aromatic carbocycles. The van der Waals surface area contributed by atoms with Crippen LogP contribution in [0.15, 0.2) is 12.1 Å². The Morgan fingerprint density at radius 1 is 1.31 bits per heavy atom. The summed E-state index contributed by atoms with van der Waals surface area (Å²) in [5.74, 6) is -0.292. The van der Waals surface area contributed by atoms with Crippen molar-refractivity contribution in [3.8, 4) is 11.5 Å². The number of phenols is 2. The highest BCUT2D eigenvalue weighted by atomic mass is 16.3. The fraction of sp³-hybridized carbons (Fsp3) is 0.300. The predicted octanol–water partition coefficient (Wildman–Crippen LogP) is 1.54. The number of phenolic OH excluding ortho intramolecular Hbond substituents is 2. The Morgan fingerprint density at radius 2 is 1.85 bits per heavy atom. The summed E-state index contributed by atoms with van der Waals surface area (Å²) < 4.78 is 0. The largest absolute Gasteiger partial charge is 0.504 e. The highest BCUT2D eigenvalue weighted by Gasteiger charge is 2.06. The van der Waals surface area contributed by atoms with Crippen molar-refractivity contribution in [2.75, 3.05) is 0 Å². The standard InChI is InChI=1S/C10H12O3/c1-6-3-9(12)10(13)5-8(6)4-7(2)11/h3,5,12-13H,4H2,1-2H3. The molecule has 0 unspecified atom stereocenters. The molecule has 0 aromatic heterocycles. The molecular weight excluding hydrogens is 168 g/mol. The number of carbonyl (C=O) groups excluding carboxylic acids is 1. The van der Waals surface area contributed by atoms with Gasteiger partial charge in [0.2, 0.25) is 0 Å². The highest BCUT2D eigenvalue weighted by molar-refractivity contribution is 5.78. The molecule has 0 atom stereocenters. The fourth-order valence-corrected chi connectivity index (χ4v) is 1.18. The summed E-state index contributed by atoms with van der Waals surface area (Å²) >= 11 is 0. The molecule has 1 aromatic rings. The normalized spacial score (nSPS) is 10.0. The molecule has 0 radical (unpaired) electrons. The van der Waals surface area contributed by atoms with Crippen LogP contribution < -0.4 is 0 Å². The average molecular weight is 180 g/mol. The van der Waals surface area contributed by atoms with Gasteiger partial charge in [0.05, 0.1) is 0 Å². The molecule has 0 heterocycles. The minimum Gasteiger partial charge on any atom is -0.504 e. The second-order valence-electron chi connectivity index (χ2n) is 3.15. The lowest BCUT2D eigenvalue weighted by atomic mass is 10.0. The number of carbonyl (C=O) groups is 1. The van der Waals surface area contributed by atoms with E-state index in [-0.39, 0.29) is 17.3 Å². The Morgan fingerprint density at radius 3 is 2.38 bits per heavy atom. The molecular formula is C10H12O3. The van der Waals surface area contributed by atoms with Gasteiger partial charge in [0.25, 0.3) is 0 Å². The number of rotatable bonds is 2. The van der Waals surface area contributed by atoms with Crippen LogP contribution in [0, 0.1) is 6.92 Å². The first-order valence-electron chi connectivity index (χ1n) is 4.01. The molecule has 0 aliphatic carbocycles. The Balaban J connectivity index is 3.08. The van der Waals surface area contributed by atoms with Crippen molar-refractivity contribution in [1.29, 1.82) is 0 Å². The van der Waals surface area contributed by atoms with Gasteiger partial charge in [-0.3, -0.25) is 4.79 Å². The second-order valence-corrected chi connectivity index (χ2v) is 3.15. The number of hydrogen-bond donors (Lipinski definition) is 2. The van der Waals surface area contributed by atoms with E-state index >= 15 is 0 Å². The molecule has 0 aliphatic rings. The van der Waals surface area contributed by atoms with Crippen molar-refractivity contribution >= 4 is 5.78 Å². The van der Waals surface area contributed by atoms with E-state index in [1.165, 1.54) is 19.1 Å². The van der Waals surface area contributed by atoms with Gasteiger partial charge in [-0.15, -0.1) is 0 Å². The van der Waals surface area contributed by atoms with Crippen LogP contribution in [0.3, 0.4) is 0 Å². The van der Waals surface area contributed by atoms with Crippen LogP contribution in [0.5, 0.6) is 11.5 Å². The summed E-state index contributed by atoms with van der Waals surface area (Å²) in [4.78, 5) is 10.8. The van der Waals surface area contributed by atoms with Gasteiger partial charge in [-0.05, 0) is 37.1 Å². The van der Waals surface area contributed by atoms with E-state index in [1.54, 1.807) is 6.92 Å².